The molecule has 0 fully saturated rings. The Bertz CT molecular complexity index is 169. The van der Waals surface area contributed by atoms with Gasteiger partial charge in [-0.25, -0.2) is 0 Å². The molecular weight excluding hydrogens is 168 g/mol. The zero-order chi connectivity index (χ0) is 5.98. The summed E-state index contributed by atoms with van der Waals surface area (Å²) in [4.78, 5) is 0. The summed E-state index contributed by atoms with van der Waals surface area (Å²) >= 11 is 3.28. The summed E-state index contributed by atoms with van der Waals surface area (Å²) < 4.78 is 6.09. The monoisotopic (exact) mass is 174 g/mol. The van der Waals surface area contributed by atoms with Gasteiger partial charge in [-0.3, -0.25) is 0 Å². The van der Waals surface area contributed by atoms with Crippen molar-refractivity contribution in [2.75, 3.05) is 0 Å². The van der Waals surface area contributed by atoms with Crippen LogP contribution in [0.2, 0.25) is 0 Å². The van der Waals surface area contributed by atoms with Gasteiger partial charge in [-0.2, -0.15) is 0 Å². The van der Waals surface area contributed by atoms with Crippen molar-refractivity contribution in [1.29, 1.82) is 0 Å². The number of halogens is 1. The van der Waals surface area contributed by atoms with Gasteiger partial charge in [-0.05, 0) is 22.0 Å². The standard InChI is InChI=1S/C6H7BrO/c1-2-6-3-5(7)4-8-6/h3-4H,2H2,1H3. The van der Waals surface area contributed by atoms with Crippen LogP contribution in [0.1, 0.15) is 12.7 Å². The molecule has 0 spiro atoms. The first-order chi connectivity index (χ1) is 3.83. The van der Waals surface area contributed by atoms with Crippen LogP contribution >= 0.6 is 15.9 Å². The second-order valence-electron chi connectivity index (χ2n) is 1.58. The van der Waals surface area contributed by atoms with Crippen LogP contribution in [0.4, 0.5) is 0 Å². The van der Waals surface area contributed by atoms with E-state index < -0.39 is 0 Å². The van der Waals surface area contributed by atoms with E-state index in [-0.39, 0.29) is 0 Å². The van der Waals surface area contributed by atoms with Crippen LogP contribution in [0.15, 0.2) is 21.2 Å². The molecule has 1 rings (SSSR count). The van der Waals surface area contributed by atoms with Gasteiger partial charge in [0.25, 0.3) is 0 Å². The Kier molecular flexibility index (Phi) is 1.73. The Labute approximate surface area is 56.8 Å². The van der Waals surface area contributed by atoms with Crippen molar-refractivity contribution in [1.82, 2.24) is 0 Å². The van der Waals surface area contributed by atoms with Crippen molar-refractivity contribution in [2.24, 2.45) is 0 Å². The van der Waals surface area contributed by atoms with Gasteiger partial charge in [0.15, 0.2) is 0 Å². The molecule has 0 atom stereocenters. The summed E-state index contributed by atoms with van der Waals surface area (Å²) in [5, 5.41) is 0. The first-order valence-electron chi connectivity index (χ1n) is 2.56. The molecule has 2 heteroatoms. The molecule has 0 aliphatic heterocycles. The van der Waals surface area contributed by atoms with Gasteiger partial charge in [0.1, 0.15) is 12.0 Å². The van der Waals surface area contributed by atoms with E-state index in [4.69, 9.17) is 4.42 Å². The van der Waals surface area contributed by atoms with Gasteiger partial charge in [0, 0.05) is 6.42 Å². The highest BCUT2D eigenvalue weighted by molar-refractivity contribution is 9.10. The molecule has 0 aliphatic rings. The number of aryl methyl sites for hydroxylation is 1. The molecule has 8 heavy (non-hydrogen) atoms. The fourth-order valence-corrected chi connectivity index (χ4v) is 0.888. The predicted molar refractivity (Wildman–Crippen MR) is 35.8 cm³/mol. The van der Waals surface area contributed by atoms with E-state index in [1.54, 1.807) is 6.26 Å². The van der Waals surface area contributed by atoms with Crippen LogP contribution < -0.4 is 0 Å². The average Bonchev–Trinajstić information content (AvgIpc) is 2.14. The van der Waals surface area contributed by atoms with Gasteiger partial charge < -0.3 is 4.42 Å². The Morgan fingerprint density at radius 2 is 2.50 bits per heavy atom. The fourth-order valence-electron chi connectivity index (χ4n) is 0.539. The zero-order valence-corrected chi connectivity index (χ0v) is 6.23. The summed E-state index contributed by atoms with van der Waals surface area (Å²) in [6.07, 6.45) is 2.66. The Balaban J connectivity index is 2.84. The minimum Gasteiger partial charge on any atom is -0.468 e. The molecule has 0 radical (unpaired) electrons. The van der Waals surface area contributed by atoms with E-state index >= 15 is 0 Å². The lowest BCUT2D eigenvalue weighted by Crippen LogP contribution is -1.67. The Morgan fingerprint density at radius 3 is 2.75 bits per heavy atom. The van der Waals surface area contributed by atoms with Crippen molar-refractivity contribution < 1.29 is 4.42 Å². The minimum atomic E-state index is 0.964. The van der Waals surface area contributed by atoms with Crippen LogP contribution in [0.25, 0.3) is 0 Å². The molecular formula is C6H7BrO. The van der Waals surface area contributed by atoms with Gasteiger partial charge in [-0.1, -0.05) is 6.92 Å². The van der Waals surface area contributed by atoms with E-state index in [0.717, 1.165) is 16.7 Å². The number of hydrogen-bond donors (Lipinski definition) is 0. The summed E-state index contributed by atoms with van der Waals surface area (Å²) in [7, 11) is 0. The molecule has 0 aromatic carbocycles. The summed E-state index contributed by atoms with van der Waals surface area (Å²) in [6, 6.07) is 1.97. The number of hydrogen-bond acceptors (Lipinski definition) is 1. The first-order valence-corrected chi connectivity index (χ1v) is 3.35. The van der Waals surface area contributed by atoms with Crippen LogP contribution in [0.5, 0.6) is 0 Å². The van der Waals surface area contributed by atoms with Crippen LogP contribution in [0, 0.1) is 0 Å². The summed E-state index contributed by atoms with van der Waals surface area (Å²) in [5.74, 6) is 1.02. The van der Waals surface area contributed by atoms with Crippen molar-refractivity contribution in [3.63, 3.8) is 0 Å². The van der Waals surface area contributed by atoms with Crippen LogP contribution in [0.3, 0.4) is 0 Å². The van der Waals surface area contributed by atoms with Gasteiger partial charge >= 0.3 is 0 Å². The average molecular weight is 175 g/mol. The molecule has 0 aliphatic carbocycles. The molecule has 0 unspecified atom stereocenters. The lowest BCUT2D eigenvalue weighted by atomic mass is 10.4. The van der Waals surface area contributed by atoms with Crippen molar-refractivity contribution >= 4 is 15.9 Å². The number of furan rings is 1. The molecule has 1 aromatic heterocycles. The second kappa shape index (κ2) is 2.35. The Hall–Kier alpha value is -0.240. The van der Waals surface area contributed by atoms with E-state index in [1.807, 2.05) is 6.07 Å². The normalized spacial score (nSPS) is 9.75. The lowest BCUT2D eigenvalue weighted by molar-refractivity contribution is 0.515. The summed E-state index contributed by atoms with van der Waals surface area (Å²) in [5.41, 5.74) is 0. The zero-order valence-electron chi connectivity index (χ0n) is 4.65. The quantitative estimate of drug-likeness (QED) is 0.639. The molecule has 0 N–H and O–H groups in total. The molecule has 1 aromatic rings. The third-order valence-corrected chi connectivity index (χ3v) is 1.39. The maximum Gasteiger partial charge on any atom is 0.105 e. The van der Waals surface area contributed by atoms with Crippen molar-refractivity contribution in [2.45, 2.75) is 13.3 Å². The highest BCUT2D eigenvalue weighted by atomic mass is 79.9. The highest BCUT2D eigenvalue weighted by Gasteiger charge is 1.92. The van der Waals surface area contributed by atoms with Gasteiger partial charge in [-0.15, -0.1) is 0 Å². The van der Waals surface area contributed by atoms with Gasteiger partial charge in [0.2, 0.25) is 0 Å². The van der Waals surface area contributed by atoms with E-state index in [2.05, 4.69) is 22.9 Å². The molecule has 0 bridgehead atoms. The highest BCUT2D eigenvalue weighted by Crippen LogP contribution is 2.13. The van der Waals surface area contributed by atoms with Crippen LogP contribution in [-0.4, -0.2) is 0 Å². The summed E-state index contributed by atoms with van der Waals surface area (Å²) in [6.45, 7) is 2.06. The van der Waals surface area contributed by atoms with Crippen LogP contribution in [-0.2, 0) is 6.42 Å². The van der Waals surface area contributed by atoms with E-state index in [0.29, 0.717) is 0 Å². The van der Waals surface area contributed by atoms with Crippen molar-refractivity contribution in [3.05, 3.63) is 22.6 Å². The number of rotatable bonds is 1. The van der Waals surface area contributed by atoms with Crippen molar-refractivity contribution in [3.8, 4) is 0 Å². The molecule has 1 nitrogen and oxygen atoms in total. The third kappa shape index (κ3) is 1.13. The lowest BCUT2D eigenvalue weighted by Gasteiger charge is -1.79. The predicted octanol–water partition coefficient (Wildman–Crippen LogP) is 2.60. The topological polar surface area (TPSA) is 13.1 Å². The van der Waals surface area contributed by atoms with Gasteiger partial charge in [0.05, 0.1) is 4.47 Å². The SMILES string of the molecule is CCc1cc(Br)co1. The largest absolute Gasteiger partial charge is 0.468 e. The Morgan fingerprint density at radius 1 is 1.75 bits per heavy atom. The minimum absolute atomic E-state index is 0.964. The maximum absolute atomic E-state index is 5.07. The third-order valence-electron chi connectivity index (χ3n) is 0.970. The van der Waals surface area contributed by atoms with E-state index in [1.165, 1.54) is 0 Å². The molecule has 0 saturated heterocycles. The smallest absolute Gasteiger partial charge is 0.105 e. The fraction of sp³-hybridized carbons (Fsp3) is 0.333. The first kappa shape index (κ1) is 5.89. The molecule has 0 amide bonds. The molecule has 0 saturated carbocycles. The molecule has 44 valence electrons. The molecule has 1 heterocycles. The maximum atomic E-state index is 5.07. The second-order valence-corrected chi connectivity index (χ2v) is 2.50. The van der Waals surface area contributed by atoms with E-state index in [9.17, 15) is 0 Å².